The third-order valence-electron chi connectivity index (χ3n) is 1.68. The molecule has 14 heavy (non-hydrogen) atoms. The summed E-state index contributed by atoms with van der Waals surface area (Å²) in [6, 6.07) is 3.34. The summed E-state index contributed by atoms with van der Waals surface area (Å²) in [7, 11) is -4.58. The molecule has 0 aromatic heterocycles. The summed E-state index contributed by atoms with van der Waals surface area (Å²) in [4.78, 5) is -0.738. The SMILES string of the molecule is Cc1ccc(S(=O)(=O)O)c(C(F)F)c1. The summed E-state index contributed by atoms with van der Waals surface area (Å²) in [5, 5.41) is 0. The molecule has 0 atom stereocenters. The van der Waals surface area contributed by atoms with Gasteiger partial charge in [-0.25, -0.2) is 8.78 Å². The fourth-order valence-electron chi connectivity index (χ4n) is 1.07. The summed E-state index contributed by atoms with van der Waals surface area (Å²) >= 11 is 0. The Morgan fingerprint density at radius 2 is 1.93 bits per heavy atom. The van der Waals surface area contributed by atoms with E-state index in [-0.39, 0.29) is 0 Å². The fourth-order valence-corrected chi connectivity index (χ4v) is 1.76. The van der Waals surface area contributed by atoms with Gasteiger partial charge < -0.3 is 0 Å². The normalized spacial score (nSPS) is 12.1. The second kappa shape index (κ2) is 3.62. The highest BCUT2D eigenvalue weighted by molar-refractivity contribution is 7.85. The molecule has 0 aliphatic carbocycles. The smallest absolute Gasteiger partial charge is 0.282 e. The van der Waals surface area contributed by atoms with E-state index in [2.05, 4.69) is 0 Å². The van der Waals surface area contributed by atoms with Crippen LogP contribution in [0.25, 0.3) is 0 Å². The van der Waals surface area contributed by atoms with Crippen LogP contribution in [0.2, 0.25) is 0 Å². The van der Waals surface area contributed by atoms with E-state index in [0.29, 0.717) is 5.56 Å². The van der Waals surface area contributed by atoms with Gasteiger partial charge in [-0.15, -0.1) is 0 Å². The van der Waals surface area contributed by atoms with Gasteiger partial charge in [0.25, 0.3) is 16.5 Å². The molecule has 0 amide bonds. The number of benzene rings is 1. The Balaban J connectivity index is 3.45. The van der Waals surface area contributed by atoms with Crippen molar-refractivity contribution in [2.75, 3.05) is 0 Å². The summed E-state index contributed by atoms with van der Waals surface area (Å²) in [6.45, 7) is 1.56. The molecule has 0 fully saturated rings. The molecule has 6 heteroatoms. The second-order valence-corrected chi connectivity index (χ2v) is 4.21. The van der Waals surface area contributed by atoms with Crippen LogP contribution in [0.1, 0.15) is 17.6 Å². The number of hydrogen-bond donors (Lipinski definition) is 1. The van der Waals surface area contributed by atoms with Crippen molar-refractivity contribution in [3.63, 3.8) is 0 Å². The van der Waals surface area contributed by atoms with Gasteiger partial charge in [0.1, 0.15) is 4.90 Å². The van der Waals surface area contributed by atoms with Crippen LogP contribution < -0.4 is 0 Å². The Bertz CT molecular complexity index is 440. The van der Waals surface area contributed by atoms with E-state index in [1.54, 1.807) is 6.92 Å². The summed E-state index contributed by atoms with van der Waals surface area (Å²) in [6.07, 6.45) is -2.92. The standard InChI is InChI=1S/C8H8F2O3S/c1-5-2-3-7(14(11,12)13)6(4-5)8(9)10/h2-4,8H,1H3,(H,11,12,13). The minimum absolute atomic E-state index is 0.507. The number of alkyl halides is 2. The van der Waals surface area contributed by atoms with Crippen molar-refractivity contribution in [2.45, 2.75) is 18.2 Å². The van der Waals surface area contributed by atoms with Crippen LogP contribution in [0.5, 0.6) is 0 Å². The summed E-state index contributed by atoms with van der Waals surface area (Å²) in [5.41, 5.74) is -0.166. The van der Waals surface area contributed by atoms with Crippen molar-refractivity contribution in [1.82, 2.24) is 0 Å². The molecule has 1 aromatic rings. The third-order valence-corrected chi connectivity index (χ3v) is 2.61. The first-order chi connectivity index (χ1) is 6.32. The van der Waals surface area contributed by atoms with Crippen molar-refractivity contribution < 1.29 is 21.8 Å². The van der Waals surface area contributed by atoms with E-state index < -0.39 is 27.0 Å². The number of halogens is 2. The van der Waals surface area contributed by atoms with Crippen LogP contribution in [-0.2, 0) is 10.1 Å². The van der Waals surface area contributed by atoms with Crippen LogP contribution >= 0.6 is 0 Å². The fraction of sp³-hybridized carbons (Fsp3) is 0.250. The third kappa shape index (κ3) is 2.27. The Morgan fingerprint density at radius 1 is 1.36 bits per heavy atom. The summed E-state index contributed by atoms with van der Waals surface area (Å²) in [5.74, 6) is 0. The average Bonchev–Trinajstić information content (AvgIpc) is 2.01. The Morgan fingerprint density at radius 3 is 2.36 bits per heavy atom. The highest BCUT2D eigenvalue weighted by Crippen LogP contribution is 2.27. The van der Waals surface area contributed by atoms with Crippen LogP contribution in [0.3, 0.4) is 0 Å². The van der Waals surface area contributed by atoms with Gasteiger partial charge in [-0.2, -0.15) is 8.42 Å². The van der Waals surface area contributed by atoms with Gasteiger partial charge in [0.05, 0.1) is 0 Å². The molecule has 0 saturated heterocycles. The Labute approximate surface area is 80.1 Å². The number of hydrogen-bond acceptors (Lipinski definition) is 2. The average molecular weight is 222 g/mol. The van der Waals surface area contributed by atoms with E-state index >= 15 is 0 Å². The molecule has 0 unspecified atom stereocenters. The van der Waals surface area contributed by atoms with Gasteiger partial charge in [-0.05, 0) is 19.1 Å². The van der Waals surface area contributed by atoms with Crippen molar-refractivity contribution >= 4 is 10.1 Å². The molecule has 0 saturated carbocycles. The topological polar surface area (TPSA) is 54.4 Å². The molecular formula is C8H8F2O3S. The largest absolute Gasteiger partial charge is 0.295 e. The van der Waals surface area contributed by atoms with Gasteiger partial charge in [0.15, 0.2) is 0 Å². The van der Waals surface area contributed by atoms with E-state index in [1.807, 2.05) is 0 Å². The van der Waals surface area contributed by atoms with Crippen LogP contribution in [-0.4, -0.2) is 13.0 Å². The van der Waals surface area contributed by atoms with Gasteiger partial charge in [0, 0.05) is 5.56 Å². The quantitative estimate of drug-likeness (QED) is 0.780. The van der Waals surface area contributed by atoms with Gasteiger partial charge in [-0.3, -0.25) is 4.55 Å². The molecule has 0 aliphatic heterocycles. The zero-order valence-corrected chi connectivity index (χ0v) is 8.05. The molecule has 0 aliphatic rings. The molecule has 3 nitrogen and oxygen atoms in total. The highest BCUT2D eigenvalue weighted by Gasteiger charge is 2.21. The van der Waals surface area contributed by atoms with E-state index in [0.717, 1.165) is 12.1 Å². The van der Waals surface area contributed by atoms with Crippen LogP contribution in [0.15, 0.2) is 23.1 Å². The highest BCUT2D eigenvalue weighted by atomic mass is 32.2. The Hall–Kier alpha value is -1.01. The van der Waals surface area contributed by atoms with Gasteiger partial charge in [0.2, 0.25) is 0 Å². The predicted molar refractivity (Wildman–Crippen MR) is 46.0 cm³/mol. The second-order valence-electron chi connectivity index (χ2n) is 2.82. The van der Waals surface area contributed by atoms with E-state index in [1.165, 1.54) is 6.07 Å². The number of rotatable bonds is 2. The lowest BCUT2D eigenvalue weighted by atomic mass is 10.1. The minimum atomic E-state index is -4.58. The van der Waals surface area contributed by atoms with Crippen molar-refractivity contribution in [3.05, 3.63) is 29.3 Å². The van der Waals surface area contributed by atoms with Crippen molar-refractivity contribution in [3.8, 4) is 0 Å². The molecular weight excluding hydrogens is 214 g/mol. The lowest BCUT2D eigenvalue weighted by Crippen LogP contribution is -2.03. The zero-order chi connectivity index (χ0) is 10.9. The first kappa shape index (κ1) is 11.1. The molecule has 1 N–H and O–H groups in total. The Kier molecular flexibility index (Phi) is 2.86. The van der Waals surface area contributed by atoms with Crippen molar-refractivity contribution in [1.29, 1.82) is 0 Å². The molecule has 1 rings (SSSR count). The molecule has 78 valence electrons. The lowest BCUT2D eigenvalue weighted by Gasteiger charge is -2.06. The molecule has 0 heterocycles. The maximum absolute atomic E-state index is 12.4. The monoisotopic (exact) mass is 222 g/mol. The lowest BCUT2D eigenvalue weighted by molar-refractivity contribution is 0.147. The first-order valence-electron chi connectivity index (χ1n) is 3.68. The van der Waals surface area contributed by atoms with E-state index in [9.17, 15) is 17.2 Å². The minimum Gasteiger partial charge on any atom is -0.282 e. The van der Waals surface area contributed by atoms with E-state index in [4.69, 9.17) is 4.55 Å². The van der Waals surface area contributed by atoms with Crippen molar-refractivity contribution in [2.24, 2.45) is 0 Å². The zero-order valence-electron chi connectivity index (χ0n) is 7.24. The number of aryl methyl sites for hydroxylation is 1. The molecule has 1 aromatic carbocycles. The molecule has 0 spiro atoms. The molecule has 0 bridgehead atoms. The molecule has 0 radical (unpaired) electrons. The summed E-state index contributed by atoms with van der Waals surface area (Å²) < 4.78 is 54.8. The maximum atomic E-state index is 12.4. The van der Waals surface area contributed by atoms with Crippen LogP contribution in [0, 0.1) is 6.92 Å². The maximum Gasteiger partial charge on any atom is 0.295 e. The van der Waals surface area contributed by atoms with Gasteiger partial charge >= 0.3 is 0 Å². The van der Waals surface area contributed by atoms with Gasteiger partial charge in [-0.1, -0.05) is 11.6 Å². The first-order valence-corrected chi connectivity index (χ1v) is 5.12. The van der Waals surface area contributed by atoms with Crippen LogP contribution in [0.4, 0.5) is 8.78 Å². The predicted octanol–water partition coefficient (Wildman–Crippen LogP) is 2.18.